The Balaban J connectivity index is 1.86. The molecule has 0 spiro atoms. The molecule has 1 aliphatic heterocycles. The fourth-order valence-electron chi connectivity index (χ4n) is 2.95. The van der Waals surface area contributed by atoms with Gasteiger partial charge in [-0.15, -0.1) is 0 Å². The lowest BCUT2D eigenvalue weighted by molar-refractivity contribution is -0.131. The van der Waals surface area contributed by atoms with Crippen LogP contribution in [0.2, 0.25) is 0 Å². The monoisotopic (exact) mass is 352 g/mol. The van der Waals surface area contributed by atoms with E-state index in [1.54, 1.807) is 6.92 Å². The number of carbonyl (C=O) groups excluding carboxylic acids is 1. The molecule has 1 amide bonds. The first-order valence-corrected chi connectivity index (χ1v) is 10.4. The topological polar surface area (TPSA) is 57.7 Å². The van der Waals surface area contributed by atoms with Crippen LogP contribution < -0.4 is 0 Å². The molecular formula is C18H28N2O3S. The summed E-state index contributed by atoms with van der Waals surface area (Å²) in [6, 6.07) is 8.40. The van der Waals surface area contributed by atoms with Crippen LogP contribution in [0.5, 0.6) is 0 Å². The first-order chi connectivity index (χ1) is 11.5. The molecule has 0 radical (unpaired) electrons. The summed E-state index contributed by atoms with van der Waals surface area (Å²) >= 11 is 0. The number of amides is 1. The van der Waals surface area contributed by atoms with Crippen LogP contribution in [-0.2, 0) is 27.7 Å². The molecular weight excluding hydrogens is 324 g/mol. The molecule has 6 heteroatoms. The Labute approximate surface area is 145 Å². The van der Waals surface area contributed by atoms with E-state index < -0.39 is 10.0 Å². The van der Waals surface area contributed by atoms with Crippen molar-refractivity contribution in [3.8, 4) is 0 Å². The average molecular weight is 353 g/mol. The highest BCUT2D eigenvalue weighted by Gasteiger charge is 2.25. The Morgan fingerprint density at radius 3 is 2.29 bits per heavy atom. The Bertz CT molecular complexity index is 641. The van der Waals surface area contributed by atoms with Gasteiger partial charge in [0.05, 0.1) is 5.75 Å². The number of nitrogens with zero attached hydrogens (tertiary/aromatic N) is 2. The van der Waals surface area contributed by atoms with E-state index in [2.05, 4.69) is 31.2 Å². The van der Waals surface area contributed by atoms with E-state index in [4.69, 9.17) is 0 Å². The molecule has 1 aromatic carbocycles. The van der Waals surface area contributed by atoms with E-state index in [-0.39, 0.29) is 11.7 Å². The normalized spacial score (nSPS) is 16.8. The summed E-state index contributed by atoms with van der Waals surface area (Å²) < 4.78 is 25.5. The standard InChI is InChI=1S/C18H28N2O3S/c1-3-16-6-8-17(9-7-16)10-11-18(21)19-12-5-13-20(15-14-19)24(22,23)4-2/h6-9H,3-5,10-15H2,1-2H3. The fraction of sp³-hybridized carbons (Fsp3) is 0.611. The van der Waals surface area contributed by atoms with Crippen molar-refractivity contribution in [3.05, 3.63) is 35.4 Å². The van der Waals surface area contributed by atoms with E-state index in [0.29, 0.717) is 39.0 Å². The predicted molar refractivity (Wildman–Crippen MR) is 96.4 cm³/mol. The van der Waals surface area contributed by atoms with Gasteiger partial charge in [-0.3, -0.25) is 4.79 Å². The van der Waals surface area contributed by atoms with Gasteiger partial charge in [0.15, 0.2) is 0 Å². The molecule has 1 saturated heterocycles. The van der Waals surface area contributed by atoms with Crippen molar-refractivity contribution in [2.75, 3.05) is 31.9 Å². The number of carbonyl (C=O) groups is 1. The van der Waals surface area contributed by atoms with E-state index in [0.717, 1.165) is 12.8 Å². The lowest BCUT2D eigenvalue weighted by Crippen LogP contribution is -2.38. The van der Waals surface area contributed by atoms with Crippen LogP contribution in [0, 0.1) is 0 Å². The largest absolute Gasteiger partial charge is 0.341 e. The zero-order chi connectivity index (χ0) is 17.6. The van der Waals surface area contributed by atoms with Gasteiger partial charge in [0.25, 0.3) is 0 Å². The van der Waals surface area contributed by atoms with Crippen LogP contribution in [0.25, 0.3) is 0 Å². The van der Waals surface area contributed by atoms with Crippen LogP contribution in [0.3, 0.4) is 0 Å². The van der Waals surface area contributed by atoms with Gasteiger partial charge in [0.2, 0.25) is 15.9 Å². The van der Waals surface area contributed by atoms with Crippen molar-refractivity contribution < 1.29 is 13.2 Å². The summed E-state index contributed by atoms with van der Waals surface area (Å²) in [4.78, 5) is 14.2. The van der Waals surface area contributed by atoms with Crippen LogP contribution in [0.15, 0.2) is 24.3 Å². The minimum atomic E-state index is -3.16. The fourth-order valence-corrected chi connectivity index (χ4v) is 4.09. The lowest BCUT2D eigenvalue weighted by Gasteiger charge is -2.21. The van der Waals surface area contributed by atoms with Gasteiger partial charge in [-0.05, 0) is 37.3 Å². The van der Waals surface area contributed by atoms with E-state index in [1.807, 2.05) is 4.90 Å². The minimum Gasteiger partial charge on any atom is -0.341 e. The Kier molecular flexibility index (Phi) is 6.80. The Morgan fingerprint density at radius 1 is 1.00 bits per heavy atom. The van der Waals surface area contributed by atoms with Gasteiger partial charge in [-0.1, -0.05) is 31.2 Å². The minimum absolute atomic E-state index is 0.116. The maximum absolute atomic E-state index is 12.4. The smallest absolute Gasteiger partial charge is 0.222 e. The first kappa shape index (κ1) is 18.9. The molecule has 0 N–H and O–H groups in total. The second-order valence-corrected chi connectivity index (χ2v) is 8.46. The molecule has 1 heterocycles. The third-order valence-electron chi connectivity index (χ3n) is 4.62. The van der Waals surface area contributed by atoms with Gasteiger partial charge in [0.1, 0.15) is 0 Å². The van der Waals surface area contributed by atoms with E-state index >= 15 is 0 Å². The number of hydrogen-bond donors (Lipinski definition) is 0. The summed E-state index contributed by atoms with van der Waals surface area (Å²) in [6.45, 7) is 5.84. The van der Waals surface area contributed by atoms with E-state index in [9.17, 15) is 13.2 Å². The van der Waals surface area contributed by atoms with Gasteiger partial charge in [-0.2, -0.15) is 0 Å². The second kappa shape index (κ2) is 8.62. The van der Waals surface area contributed by atoms with Crippen molar-refractivity contribution in [3.63, 3.8) is 0 Å². The van der Waals surface area contributed by atoms with Crippen molar-refractivity contribution in [2.24, 2.45) is 0 Å². The summed E-state index contributed by atoms with van der Waals surface area (Å²) in [5, 5.41) is 0. The molecule has 5 nitrogen and oxygen atoms in total. The van der Waals surface area contributed by atoms with Crippen LogP contribution in [0.1, 0.15) is 37.8 Å². The Morgan fingerprint density at radius 2 is 1.67 bits per heavy atom. The van der Waals surface area contributed by atoms with Gasteiger partial charge in [-0.25, -0.2) is 12.7 Å². The average Bonchev–Trinajstić information content (AvgIpc) is 2.87. The third kappa shape index (κ3) is 5.05. The zero-order valence-electron chi connectivity index (χ0n) is 14.7. The number of hydrogen-bond acceptors (Lipinski definition) is 3. The SMILES string of the molecule is CCc1ccc(CCC(=O)N2CCCN(S(=O)(=O)CC)CC2)cc1. The zero-order valence-corrected chi connectivity index (χ0v) is 15.5. The molecule has 1 fully saturated rings. The summed E-state index contributed by atoms with van der Waals surface area (Å²) in [7, 11) is -3.16. The summed E-state index contributed by atoms with van der Waals surface area (Å²) in [5.41, 5.74) is 2.47. The highest BCUT2D eigenvalue weighted by molar-refractivity contribution is 7.89. The molecule has 24 heavy (non-hydrogen) atoms. The van der Waals surface area contributed by atoms with E-state index in [1.165, 1.54) is 15.4 Å². The molecule has 0 bridgehead atoms. The number of rotatable bonds is 6. The molecule has 0 aliphatic carbocycles. The van der Waals surface area contributed by atoms with Crippen molar-refractivity contribution in [1.29, 1.82) is 0 Å². The number of aryl methyl sites for hydroxylation is 2. The molecule has 2 rings (SSSR count). The quantitative estimate of drug-likeness (QED) is 0.787. The van der Waals surface area contributed by atoms with Gasteiger partial charge >= 0.3 is 0 Å². The lowest BCUT2D eigenvalue weighted by atomic mass is 10.1. The third-order valence-corrected chi connectivity index (χ3v) is 6.51. The van der Waals surface area contributed by atoms with Crippen molar-refractivity contribution in [1.82, 2.24) is 9.21 Å². The van der Waals surface area contributed by atoms with Gasteiger partial charge in [0, 0.05) is 32.6 Å². The van der Waals surface area contributed by atoms with Crippen molar-refractivity contribution in [2.45, 2.75) is 39.5 Å². The maximum atomic E-state index is 12.4. The maximum Gasteiger partial charge on any atom is 0.222 e. The molecule has 0 unspecified atom stereocenters. The summed E-state index contributed by atoms with van der Waals surface area (Å²) in [5.74, 6) is 0.236. The highest BCUT2D eigenvalue weighted by atomic mass is 32.2. The second-order valence-electron chi connectivity index (χ2n) is 6.20. The summed E-state index contributed by atoms with van der Waals surface area (Å²) in [6.07, 6.45) is 2.93. The molecule has 0 aromatic heterocycles. The molecule has 1 aliphatic rings. The van der Waals surface area contributed by atoms with Gasteiger partial charge < -0.3 is 4.90 Å². The Hall–Kier alpha value is -1.40. The predicted octanol–water partition coefficient (Wildman–Crippen LogP) is 2.07. The van der Waals surface area contributed by atoms with Crippen molar-refractivity contribution >= 4 is 15.9 Å². The molecule has 0 atom stereocenters. The van der Waals surface area contributed by atoms with Crippen LogP contribution in [-0.4, -0.2) is 55.5 Å². The number of sulfonamides is 1. The van der Waals surface area contributed by atoms with Crippen LogP contribution >= 0.6 is 0 Å². The number of benzene rings is 1. The molecule has 0 saturated carbocycles. The first-order valence-electron chi connectivity index (χ1n) is 8.79. The molecule has 134 valence electrons. The molecule has 1 aromatic rings. The highest BCUT2D eigenvalue weighted by Crippen LogP contribution is 2.12. The van der Waals surface area contributed by atoms with Crippen LogP contribution in [0.4, 0.5) is 0 Å².